The van der Waals surface area contributed by atoms with Crippen molar-refractivity contribution in [2.75, 3.05) is 24.3 Å². The number of amides is 3. The van der Waals surface area contributed by atoms with E-state index in [1.54, 1.807) is 79.9 Å². The van der Waals surface area contributed by atoms with Crippen molar-refractivity contribution in [1.82, 2.24) is 5.32 Å². The van der Waals surface area contributed by atoms with E-state index >= 15 is 0 Å². The Morgan fingerprint density at radius 1 is 0.710 bits per heavy atom. The fourth-order valence-electron chi connectivity index (χ4n) is 2.79. The quantitative estimate of drug-likeness (QED) is 0.521. The van der Waals surface area contributed by atoms with Crippen LogP contribution < -0.4 is 20.7 Å². The first-order valence-corrected chi connectivity index (χ1v) is 9.74. The molecule has 0 aromatic heterocycles. The molecular weight excluding hydrogens is 394 g/mol. The van der Waals surface area contributed by atoms with E-state index in [-0.39, 0.29) is 30.7 Å². The number of benzene rings is 3. The van der Waals surface area contributed by atoms with Crippen molar-refractivity contribution >= 4 is 29.1 Å². The highest BCUT2D eigenvalue weighted by Gasteiger charge is 2.09. The molecule has 7 nitrogen and oxygen atoms in total. The third-order valence-electron chi connectivity index (χ3n) is 4.45. The van der Waals surface area contributed by atoms with Gasteiger partial charge in [-0.05, 0) is 60.7 Å². The molecule has 7 heteroatoms. The molecule has 3 N–H and O–H groups in total. The van der Waals surface area contributed by atoms with E-state index in [9.17, 15) is 14.4 Å². The minimum atomic E-state index is -0.258. The van der Waals surface area contributed by atoms with Gasteiger partial charge in [-0.15, -0.1) is 0 Å². The molecule has 0 saturated heterocycles. The fourth-order valence-corrected chi connectivity index (χ4v) is 2.79. The van der Waals surface area contributed by atoms with Crippen LogP contribution >= 0.6 is 0 Å². The number of carbonyl (C=O) groups is 3. The third kappa shape index (κ3) is 6.43. The summed E-state index contributed by atoms with van der Waals surface area (Å²) in [5.74, 6) is -0.00573. The summed E-state index contributed by atoms with van der Waals surface area (Å²) < 4.78 is 5.09. The average molecular weight is 417 g/mol. The van der Waals surface area contributed by atoms with E-state index < -0.39 is 0 Å². The molecule has 0 aliphatic rings. The highest BCUT2D eigenvalue weighted by atomic mass is 16.5. The van der Waals surface area contributed by atoms with Gasteiger partial charge in [0, 0.05) is 35.5 Å². The lowest BCUT2D eigenvalue weighted by Gasteiger charge is -2.09. The van der Waals surface area contributed by atoms with Crippen LogP contribution in [0.4, 0.5) is 11.4 Å². The summed E-state index contributed by atoms with van der Waals surface area (Å²) in [5, 5.41) is 8.26. The summed E-state index contributed by atoms with van der Waals surface area (Å²) in [6.07, 6.45) is 0.137. The monoisotopic (exact) mass is 417 g/mol. The van der Waals surface area contributed by atoms with Crippen LogP contribution in [0.1, 0.15) is 27.1 Å². The van der Waals surface area contributed by atoms with Crippen LogP contribution in [0.15, 0.2) is 78.9 Å². The smallest absolute Gasteiger partial charge is 0.255 e. The number of nitrogens with one attached hydrogen (secondary N) is 3. The molecular formula is C24H23N3O4. The number of rotatable bonds is 8. The highest BCUT2D eigenvalue weighted by Crippen LogP contribution is 2.17. The number of ether oxygens (including phenoxy) is 1. The van der Waals surface area contributed by atoms with Crippen molar-refractivity contribution < 1.29 is 19.1 Å². The van der Waals surface area contributed by atoms with Crippen LogP contribution in [-0.4, -0.2) is 31.4 Å². The Hall–Kier alpha value is -4.13. The van der Waals surface area contributed by atoms with E-state index in [2.05, 4.69) is 16.0 Å². The van der Waals surface area contributed by atoms with Gasteiger partial charge in [-0.25, -0.2) is 0 Å². The molecule has 0 aliphatic heterocycles. The van der Waals surface area contributed by atoms with E-state index in [4.69, 9.17) is 4.74 Å². The lowest BCUT2D eigenvalue weighted by Crippen LogP contribution is -2.27. The molecule has 3 rings (SSSR count). The average Bonchev–Trinajstić information content (AvgIpc) is 2.80. The second-order valence-electron chi connectivity index (χ2n) is 6.68. The summed E-state index contributed by atoms with van der Waals surface area (Å²) in [6, 6.07) is 22.4. The van der Waals surface area contributed by atoms with Crippen LogP contribution in [-0.2, 0) is 4.79 Å². The summed E-state index contributed by atoms with van der Waals surface area (Å²) in [5.41, 5.74) is 2.23. The molecule has 0 saturated carbocycles. The summed E-state index contributed by atoms with van der Waals surface area (Å²) >= 11 is 0. The van der Waals surface area contributed by atoms with Crippen LogP contribution in [0, 0.1) is 0 Å². The largest absolute Gasteiger partial charge is 0.497 e. The molecule has 158 valence electrons. The first kappa shape index (κ1) is 21.6. The van der Waals surface area contributed by atoms with Crippen molar-refractivity contribution in [2.45, 2.75) is 6.42 Å². The molecule has 3 aromatic rings. The Balaban J connectivity index is 1.45. The van der Waals surface area contributed by atoms with Crippen molar-refractivity contribution in [3.05, 3.63) is 90.0 Å². The van der Waals surface area contributed by atoms with Crippen LogP contribution in [0.2, 0.25) is 0 Å². The molecule has 3 aromatic carbocycles. The molecule has 3 amide bonds. The summed E-state index contributed by atoms with van der Waals surface area (Å²) in [7, 11) is 1.58. The maximum atomic E-state index is 12.4. The van der Waals surface area contributed by atoms with Gasteiger partial charge in [0.05, 0.1) is 7.11 Å². The summed E-state index contributed by atoms with van der Waals surface area (Å²) in [4.78, 5) is 36.4. The maximum absolute atomic E-state index is 12.4. The Morgan fingerprint density at radius 2 is 1.29 bits per heavy atom. The zero-order chi connectivity index (χ0) is 22.1. The fraction of sp³-hybridized carbons (Fsp3) is 0.125. The zero-order valence-corrected chi connectivity index (χ0v) is 17.1. The molecule has 31 heavy (non-hydrogen) atoms. The summed E-state index contributed by atoms with van der Waals surface area (Å²) in [6.45, 7) is 0.224. The van der Waals surface area contributed by atoms with Gasteiger partial charge in [-0.1, -0.05) is 18.2 Å². The standard InChI is InChI=1S/C24H23N3O4/c1-31-21-13-11-20(12-14-21)27-24(30)18-7-9-19(10-8-18)26-22(28)15-16-25-23(29)17-5-3-2-4-6-17/h2-14H,15-16H2,1H3,(H,25,29)(H,26,28)(H,27,30). The van der Waals surface area contributed by atoms with Crippen molar-refractivity contribution in [2.24, 2.45) is 0 Å². The normalized spacial score (nSPS) is 10.1. The van der Waals surface area contributed by atoms with Gasteiger partial charge < -0.3 is 20.7 Å². The number of hydrogen-bond acceptors (Lipinski definition) is 4. The van der Waals surface area contributed by atoms with Gasteiger partial charge >= 0.3 is 0 Å². The number of carbonyl (C=O) groups excluding carboxylic acids is 3. The predicted octanol–water partition coefficient (Wildman–Crippen LogP) is 3.71. The van der Waals surface area contributed by atoms with E-state index in [0.29, 0.717) is 28.3 Å². The van der Waals surface area contributed by atoms with Crippen LogP contribution in [0.25, 0.3) is 0 Å². The first-order chi connectivity index (χ1) is 15.0. The number of anilines is 2. The Labute approximate surface area is 180 Å². The third-order valence-corrected chi connectivity index (χ3v) is 4.45. The Morgan fingerprint density at radius 3 is 1.94 bits per heavy atom. The second kappa shape index (κ2) is 10.6. The van der Waals surface area contributed by atoms with Gasteiger partial charge in [-0.2, -0.15) is 0 Å². The van der Waals surface area contributed by atoms with E-state index in [1.807, 2.05) is 6.07 Å². The van der Waals surface area contributed by atoms with E-state index in [0.717, 1.165) is 0 Å². The van der Waals surface area contributed by atoms with Gasteiger partial charge in [0.2, 0.25) is 5.91 Å². The predicted molar refractivity (Wildman–Crippen MR) is 119 cm³/mol. The molecule has 0 radical (unpaired) electrons. The van der Waals surface area contributed by atoms with Gasteiger partial charge in [0.25, 0.3) is 11.8 Å². The number of methoxy groups -OCH3 is 1. The van der Waals surface area contributed by atoms with Crippen molar-refractivity contribution in [3.8, 4) is 5.75 Å². The lowest BCUT2D eigenvalue weighted by molar-refractivity contribution is -0.116. The molecule has 0 atom stereocenters. The molecule has 0 unspecified atom stereocenters. The van der Waals surface area contributed by atoms with E-state index in [1.165, 1.54) is 0 Å². The topological polar surface area (TPSA) is 96.5 Å². The van der Waals surface area contributed by atoms with Gasteiger partial charge in [0.1, 0.15) is 5.75 Å². The van der Waals surface area contributed by atoms with Crippen LogP contribution in [0.5, 0.6) is 5.75 Å². The molecule has 0 aliphatic carbocycles. The Kier molecular flexibility index (Phi) is 7.37. The lowest BCUT2D eigenvalue weighted by atomic mass is 10.2. The van der Waals surface area contributed by atoms with Crippen LogP contribution in [0.3, 0.4) is 0 Å². The van der Waals surface area contributed by atoms with Crippen molar-refractivity contribution in [3.63, 3.8) is 0 Å². The highest BCUT2D eigenvalue weighted by molar-refractivity contribution is 6.04. The minimum Gasteiger partial charge on any atom is -0.497 e. The maximum Gasteiger partial charge on any atom is 0.255 e. The molecule has 0 bridgehead atoms. The number of hydrogen-bond donors (Lipinski definition) is 3. The second-order valence-corrected chi connectivity index (χ2v) is 6.68. The van der Waals surface area contributed by atoms with Gasteiger partial charge in [0.15, 0.2) is 0 Å². The molecule has 0 fully saturated rings. The SMILES string of the molecule is COc1ccc(NC(=O)c2ccc(NC(=O)CCNC(=O)c3ccccc3)cc2)cc1. The Bertz CT molecular complexity index is 1030. The molecule has 0 spiro atoms. The van der Waals surface area contributed by atoms with Crippen molar-refractivity contribution in [1.29, 1.82) is 0 Å². The first-order valence-electron chi connectivity index (χ1n) is 9.74. The minimum absolute atomic E-state index is 0.137. The zero-order valence-electron chi connectivity index (χ0n) is 17.1. The molecule has 0 heterocycles. The van der Waals surface area contributed by atoms with Gasteiger partial charge in [-0.3, -0.25) is 14.4 Å².